The number of nitro groups is 2. The van der Waals surface area contributed by atoms with Gasteiger partial charge in [0.2, 0.25) is 0 Å². The van der Waals surface area contributed by atoms with Crippen molar-refractivity contribution in [1.82, 2.24) is 10.7 Å². The molecule has 0 saturated carbocycles. The first-order valence-corrected chi connectivity index (χ1v) is 12.6. The topological polar surface area (TPSA) is 157 Å². The van der Waals surface area contributed by atoms with E-state index in [1.807, 2.05) is 42.5 Å². The molecule has 11 nitrogen and oxygen atoms in total. The quantitative estimate of drug-likeness (QED) is 0.191. The van der Waals surface area contributed by atoms with E-state index in [0.29, 0.717) is 5.75 Å². The zero-order valence-corrected chi connectivity index (χ0v) is 21.5. The summed E-state index contributed by atoms with van der Waals surface area (Å²) in [4.78, 5) is 46.4. The van der Waals surface area contributed by atoms with Crippen LogP contribution in [0.5, 0.6) is 0 Å². The summed E-state index contributed by atoms with van der Waals surface area (Å²) in [6.45, 7) is 0. The third kappa shape index (κ3) is 8.51. The van der Waals surface area contributed by atoms with Crippen molar-refractivity contribution >= 4 is 57.1 Å². The molecule has 0 fully saturated rings. The fourth-order valence-electron chi connectivity index (χ4n) is 3.03. The SMILES string of the molecule is O=C(N[C@@H](CSCc1ccccc1)C(=O)N/N=C\c1ccc(Br)cc1)c1cc([N+](=O)[O-])cc([N+](=O)[O-])c1. The summed E-state index contributed by atoms with van der Waals surface area (Å²) in [6, 6.07) is 18.2. The summed E-state index contributed by atoms with van der Waals surface area (Å²) in [5, 5.41) is 28.8. The van der Waals surface area contributed by atoms with Crippen LogP contribution in [-0.2, 0) is 10.5 Å². The molecule has 190 valence electrons. The van der Waals surface area contributed by atoms with Gasteiger partial charge in [-0.3, -0.25) is 29.8 Å². The monoisotopic (exact) mass is 585 g/mol. The highest BCUT2D eigenvalue weighted by molar-refractivity contribution is 9.10. The van der Waals surface area contributed by atoms with Gasteiger partial charge in [-0.2, -0.15) is 16.9 Å². The fraction of sp³-hybridized carbons (Fsp3) is 0.125. The van der Waals surface area contributed by atoms with E-state index in [2.05, 4.69) is 31.8 Å². The molecule has 37 heavy (non-hydrogen) atoms. The molecule has 3 aromatic carbocycles. The minimum Gasteiger partial charge on any atom is -0.339 e. The van der Waals surface area contributed by atoms with Gasteiger partial charge in [-0.05, 0) is 23.3 Å². The lowest BCUT2D eigenvalue weighted by Crippen LogP contribution is -2.47. The number of amides is 2. The van der Waals surface area contributed by atoms with Gasteiger partial charge < -0.3 is 5.32 Å². The van der Waals surface area contributed by atoms with Gasteiger partial charge in [0.1, 0.15) is 6.04 Å². The van der Waals surface area contributed by atoms with Crippen molar-refractivity contribution in [2.24, 2.45) is 5.10 Å². The van der Waals surface area contributed by atoms with Crippen LogP contribution in [0.3, 0.4) is 0 Å². The van der Waals surface area contributed by atoms with Crippen LogP contribution in [0, 0.1) is 20.2 Å². The third-order valence-corrected chi connectivity index (χ3v) is 6.50. The van der Waals surface area contributed by atoms with E-state index in [-0.39, 0.29) is 11.3 Å². The summed E-state index contributed by atoms with van der Waals surface area (Å²) in [6.07, 6.45) is 1.43. The Morgan fingerprint density at radius 1 is 0.973 bits per heavy atom. The number of halogens is 1. The Morgan fingerprint density at radius 3 is 2.19 bits per heavy atom. The fourth-order valence-corrected chi connectivity index (χ4v) is 4.31. The summed E-state index contributed by atoms with van der Waals surface area (Å²) in [5.41, 5.74) is 2.59. The Hall–Kier alpha value is -4.10. The maximum atomic E-state index is 12.9. The molecule has 1 atom stereocenters. The minimum absolute atomic E-state index is 0.150. The smallest absolute Gasteiger partial charge is 0.277 e. The molecule has 2 N–H and O–H groups in total. The van der Waals surface area contributed by atoms with Crippen LogP contribution in [0.2, 0.25) is 0 Å². The third-order valence-electron chi connectivity index (χ3n) is 4.86. The normalized spacial score (nSPS) is 11.6. The van der Waals surface area contributed by atoms with Gasteiger partial charge >= 0.3 is 0 Å². The van der Waals surface area contributed by atoms with Gasteiger partial charge in [0.05, 0.1) is 27.7 Å². The van der Waals surface area contributed by atoms with Crippen molar-refractivity contribution in [2.45, 2.75) is 11.8 Å². The van der Waals surface area contributed by atoms with Crippen LogP contribution in [-0.4, -0.2) is 39.7 Å². The average Bonchev–Trinajstić information content (AvgIpc) is 2.89. The van der Waals surface area contributed by atoms with Crippen LogP contribution >= 0.6 is 27.7 Å². The standard InChI is InChI=1S/C24H20BrN5O6S/c25-19-8-6-16(7-9-19)13-26-28-24(32)22(15-37-14-17-4-2-1-3-5-17)27-23(31)18-10-20(29(33)34)12-21(11-18)30(35)36/h1-13,22H,14-15H2,(H,27,31)(H,28,32)/b26-13-/t22-/m0/s1. The second-order valence-corrected chi connectivity index (χ2v) is 9.51. The minimum atomic E-state index is -1.08. The predicted molar refractivity (Wildman–Crippen MR) is 143 cm³/mol. The molecular formula is C24H20BrN5O6S. The molecule has 0 saturated heterocycles. The number of hydrazone groups is 1. The molecular weight excluding hydrogens is 566 g/mol. The van der Waals surface area contributed by atoms with Gasteiger partial charge in [0, 0.05) is 28.1 Å². The number of benzene rings is 3. The molecule has 3 rings (SSSR count). The van der Waals surface area contributed by atoms with E-state index in [9.17, 15) is 29.8 Å². The number of carbonyl (C=O) groups is 2. The van der Waals surface area contributed by atoms with E-state index < -0.39 is 39.1 Å². The Bertz CT molecular complexity index is 1290. The van der Waals surface area contributed by atoms with Gasteiger partial charge in [0.15, 0.2) is 0 Å². The highest BCUT2D eigenvalue weighted by Gasteiger charge is 2.25. The number of nitrogens with zero attached hydrogens (tertiary/aromatic N) is 3. The van der Waals surface area contributed by atoms with Crippen LogP contribution < -0.4 is 10.7 Å². The largest absolute Gasteiger partial charge is 0.339 e. The van der Waals surface area contributed by atoms with Crippen molar-refractivity contribution in [1.29, 1.82) is 0 Å². The highest BCUT2D eigenvalue weighted by atomic mass is 79.9. The van der Waals surface area contributed by atoms with Crippen LogP contribution in [0.25, 0.3) is 0 Å². The number of carbonyl (C=O) groups excluding carboxylic acids is 2. The van der Waals surface area contributed by atoms with E-state index >= 15 is 0 Å². The van der Waals surface area contributed by atoms with E-state index in [0.717, 1.165) is 33.8 Å². The average molecular weight is 586 g/mol. The number of nitrogens with one attached hydrogen (secondary N) is 2. The van der Waals surface area contributed by atoms with Crippen molar-refractivity contribution in [2.75, 3.05) is 5.75 Å². The summed E-state index contributed by atoms with van der Waals surface area (Å²) < 4.78 is 0.883. The van der Waals surface area contributed by atoms with Crippen LogP contribution in [0.1, 0.15) is 21.5 Å². The van der Waals surface area contributed by atoms with Gasteiger partial charge in [0.25, 0.3) is 23.2 Å². The Balaban J connectivity index is 1.75. The molecule has 3 aromatic rings. The molecule has 2 amide bonds. The molecule has 0 aliphatic rings. The molecule has 0 aromatic heterocycles. The lowest BCUT2D eigenvalue weighted by atomic mass is 10.1. The number of non-ortho nitro benzene ring substituents is 2. The van der Waals surface area contributed by atoms with E-state index in [1.165, 1.54) is 18.0 Å². The second kappa shape index (κ2) is 13.3. The molecule has 0 heterocycles. The second-order valence-electron chi connectivity index (χ2n) is 7.56. The number of hydrogen-bond acceptors (Lipinski definition) is 8. The zero-order valence-electron chi connectivity index (χ0n) is 19.1. The molecule has 0 unspecified atom stereocenters. The van der Waals surface area contributed by atoms with Crippen molar-refractivity contribution in [3.63, 3.8) is 0 Å². The molecule has 13 heteroatoms. The number of nitro benzene ring substituents is 2. The first kappa shape index (κ1) is 27.5. The molecule has 0 radical (unpaired) electrons. The first-order chi connectivity index (χ1) is 17.7. The first-order valence-electron chi connectivity index (χ1n) is 10.7. The molecule has 0 aliphatic carbocycles. The highest BCUT2D eigenvalue weighted by Crippen LogP contribution is 2.23. The predicted octanol–water partition coefficient (Wildman–Crippen LogP) is 4.45. The summed E-state index contributed by atoms with van der Waals surface area (Å²) in [5.74, 6) is -0.784. The van der Waals surface area contributed by atoms with Crippen molar-refractivity contribution < 1.29 is 19.4 Å². The van der Waals surface area contributed by atoms with Gasteiger partial charge in [-0.25, -0.2) is 5.43 Å². The lowest BCUT2D eigenvalue weighted by Gasteiger charge is -2.17. The van der Waals surface area contributed by atoms with Crippen LogP contribution in [0.15, 0.2) is 82.4 Å². The van der Waals surface area contributed by atoms with Gasteiger partial charge in [-0.1, -0.05) is 58.4 Å². The Labute approximate surface area is 223 Å². The van der Waals surface area contributed by atoms with Gasteiger partial charge in [-0.15, -0.1) is 0 Å². The summed E-state index contributed by atoms with van der Waals surface area (Å²) >= 11 is 4.71. The molecule has 0 spiro atoms. The Kier molecular flexibility index (Phi) is 9.86. The van der Waals surface area contributed by atoms with Crippen molar-refractivity contribution in [3.8, 4) is 0 Å². The molecule has 0 bridgehead atoms. The molecule has 0 aliphatic heterocycles. The maximum absolute atomic E-state index is 12.9. The van der Waals surface area contributed by atoms with E-state index in [4.69, 9.17) is 0 Å². The zero-order chi connectivity index (χ0) is 26.8. The lowest BCUT2D eigenvalue weighted by molar-refractivity contribution is -0.394. The number of rotatable bonds is 11. The van der Waals surface area contributed by atoms with Crippen LogP contribution in [0.4, 0.5) is 11.4 Å². The number of thioether (sulfide) groups is 1. The van der Waals surface area contributed by atoms with E-state index in [1.54, 1.807) is 12.1 Å². The number of hydrogen-bond donors (Lipinski definition) is 2. The van der Waals surface area contributed by atoms with Crippen molar-refractivity contribution in [3.05, 3.63) is 114 Å². The summed E-state index contributed by atoms with van der Waals surface area (Å²) in [7, 11) is 0. The Morgan fingerprint density at radius 2 is 1.59 bits per heavy atom. The maximum Gasteiger partial charge on any atom is 0.277 e.